The predicted molar refractivity (Wildman–Crippen MR) is 101 cm³/mol. The number of halogens is 1. The van der Waals surface area contributed by atoms with E-state index in [1.54, 1.807) is 0 Å². The van der Waals surface area contributed by atoms with Gasteiger partial charge in [0.2, 0.25) is 5.91 Å². The van der Waals surface area contributed by atoms with Crippen molar-refractivity contribution in [1.29, 1.82) is 0 Å². The van der Waals surface area contributed by atoms with Crippen LogP contribution in [-0.4, -0.2) is 36.8 Å². The summed E-state index contributed by atoms with van der Waals surface area (Å²) in [5.74, 6) is -1.98. The smallest absolute Gasteiger partial charge is 0.253 e. The molecule has 140 valence electrons. The van der Waals surface area contributed by atoms with Crippen molar-refractivity contribution in [3.8, 4) is 11.5 Å². The monoisotopic (exact) mass is 387 g/mol. The van der Waals surface area contributed by atoms with Gasteiger partial charge in [0.25, 0.3) is 5.91 Å². The second-order valence-corrected chi connectivity index (χ2v) is 6.46. The Hall–Kier alpha value is -3.06. The number of methoxy groups -OCH3 is 1. The molecule has 1 saturated heterocycles. The van der Waals surface area contributed by atoms with Gasteiger partial charge in [-0.15, -0.1) is 0 Å². The highest BCUT2D eigenvalue weighted by Gasteiger charge is 2.40. The third kappa shape index (κ3) is 4.03. The zero-order chi connectivity index (χ0) is 19.4. The van der Waals surface area contributed by atoms with E-state index in [9.17, 15) is 14.7 Å². The van der Waals surface area contributed by atoms with Crippen LogP contribution < -0.4 is 15.5 Å². The molecule has 1 aliphatic rings. The van der Waals surface area contributed by atoms with Crippen LogP contribution >= 0.6 is 11.6 Å². The highest BCUT2D eigenvalue weighted by atomic mass is 35.5. The highest BCUT2D eigenvalue weighted by Crippen LogP contribution is 2.32. The summed E-state index contributed by atoms with van der Waals surface area (Å²) in [6, 6.07) is 12.3. The number of nitrogens with one attached hydrogen (secondary N) is 2. The lowest BCUT2D eigenvalue weighted by molar-refractivity contribution is -0.133. The van der Waals surface area contributed by atoms with Gasteiger partial charge in [-0.1, -0.05) is 41.9 Å². The van der Waals surface area contributed by atoms with Gasteiger partial charge in [-0.25, -0.2) is 5.43 Å². The third-order valence-corrected chi connectivity index (χ3v) is 4.58. The van der Waals surface area contributed by atoms with Crippen LogP contribution in [0.2, 0.25) is 5.02 Å². The number of amides is 2. The molecule has 0 bridgehead atoms. The van der Waals surface area contributed by atoms with E-state index in [0.717, 1.165) is 5.56 Å². The zero-order valence-corrected chi connectivity index (χ0v) is 15.2. The molecular weight excluding hydrogens is 370 g/mol. The van der Waals surface area contributed by atoms with E-state index in [1.807, 2.05) is 30.3 Å². The van der Waals surface area contributed by atoms with Crippen molar-refractivity contribution in [3.63, 3.8) is 0 Å². The van der Waals surface area contributed by atoms with Crippen molar-refractivity contribution in [2.24, 2.45) is 11.0 Å². The van der Waals surface area contributed by atoms with Crippen molar-refractivity contribution in [2.45, 2.75) is 5.92 Å². The Morgan fingerprint density at radius 3 is 2.81 bits per heavy atom. The third-order valence-electron chi connectivity index (χ3n) is 4.36. The molecule has 3 rings (SSSR count). The quantitative estimate of drug-likeness (QED) is 0.415. The Morgan fingerprint density at radius 1 is 1.37 bits per heavy atom. The molecule has 3 N–H and O–H groups in total. The molecule has 27 heavy (non-hydrogen) atoms. The number of carbonyl (C=O) groups excluding carboxylic acids is 2. The predicted octanol–water partition coefficient (Wildman–Crippen LogP) is 2.03. The molecule has 0 aliphatic carbocycles. The lowest BCUT2D eigenvalue weighted by Gasteiger charge is -2.15. The molecule has 0 spiro atoms. The largest absolute Gasteiger partial charge is 0.504 e. The summed E-state index contributed by atoms with van der Waals surface area (Å²) in [4.78, 5) is 24.6. The fourth-order valence-corrected chi connectivity index (χ4v) is 3.23. The van der Waals surface area contributed by atoms with Gasteiger partial charge in [0.1, 0.15) is 5.92 Å². The minimum Gasteiger partial charge on any atom is -0.504 e. The van der Waals surface area contributed by atoms with Crippen LogP contribution in [-0.2, 0) is 9.59 Å². The van der Waals surface area contributed by atoms with E-state index < -0.39 is 11.8 Å². The van der Waals surface area contributed by atoms with Crippen LogP contribution in [0.1, 0.15) is 17.0 Å². The Balaban J connectivity index is 1.74. The minimum absolute atomic E-state index is 0.152. The molecule has 1 fully saturated rings. The number of rotatable bonds is 5. The van der Waals surface area contributed by atoms with Gasteiger partial charge in [0.05, 0.1) is 13.3 Å². The molecule has 0 aromatic heterocycles. The van der Waals surface area contributed by atoms with Gasteiger partial charge in [0, 0.05) is 29.1 Å². The minimum atomic E-state index is -0.882. The topological polar surface area (TPSA) is 100 Å². The maximum atomic E-state index is 12.5. The van der Waals surface area contributed by atoms with E-state index in [4.69, 9.17) is 16.3 Å². The summed E-state index contributed by atoms with van der Waals surface area (Å²) >= 11 is 5.96. The second-order valence-electron chi connectivity index (χ2n) is 6.02. The molecule has 2 atom stereocenters. The molecule has 2 aromatic rings. The van der Waals surface area contributed by atoms with Crippen molar-refractivity contribution in [1.82, 2.24) is 10.7 Å². The second kappa shape index (κ2) is 8.09. The van der Waals surface area contributed by atoms with Crippen molar-refractivity contribution < 1.29 is 19.4 Å². The number of aromatic hydroxyl groups is 1. The van der Waals surface area contributed by atoms with E-state index in [-0.39, 0.29) is 28.9 Å². The molecule has 2 amide bonds. The van der Waals surface area contributed by atoms with Crippen molar-refractivity contribution >= 4 is 29.6 Å². The summed E-state index contributed by atoms with van der Waals surface area (Å²) in [7, 11) is 1.40. The number of hydrazone groups is 1. The molecule has 2 aromatic carbocycles. The Morgan fingerprint density at radius 2 is 2.11 bits per heavy atom. The Kier molecular flexibility index (Phi) is 5.61. The first-order valence-corrected chi connectivity index (χ1v) is 8.61. The van der Waals surface area contributed by atoms with Crippen LogP contribution in [0, 0.1) is 5.92 Å². The zero-order valence-electron chi connectivity index (χ0n) is 14.5. The first-order valence-electron chi connectivity index (χ1n) is 8.23. The summed E-state index contributed by atoms with van der Waals surface area (Å²) < 4.78 is 5.02. The molecule has 8 heteroatoms. The standard InChI is InChI=1S/C19H18ClN3O4/c1-27-15-8-13(20)7-12(17(15)24)9-22-23-19(26)16-14(10-21-18(16)25)11-5-3-2-4-6-11/h2-9,14,16,24H,10H2,1H3,(H,21,25)(H,23,26)/b22-9+/t14-,16-/m0/s1. The van der Waals surface area contributed by atoms with E-state index >= 15 is 0 Å². The number of ether oxygens (including phenoxy) is 1. The SMILES string of the molecule is COc1cc(Cl)cc(/C=N/NC(=O)[C@@H]2C(=O)NC[C@H]2c2ccccc2)c1O. The van der Waals surface area contributed by atoms with Crippen LogP contribution in [0.4, 0.5) is 0 Å². The summed E-state index contributed by atoms with van der Waals surface area (Å²) in [5.41, 5.74) is 3.54. The maximum Gasteiger partial charge on any atom is 0.253 e. The normalized spacial score (nSPS) is 19.1. The lowest BCUT2D eigenvalue weighted by Crippen LogP contribution is -2.34. The first-order chi connectivity index (χ1) is 13.0. The van der Waals surface area contributed by atoms with Gasteiger partial charge in [0.15, 0.2) is 11.5 Å². The molecular formula is C19H18ClN3O4. The maximum absolute atomic E-state index is 12.5. The Bertz CT molecular complexity index is 886. The van der Waals surface area contributed by atoms with Crippen LogP contribution in [0.3, 0.4) is 0 Å². The molecule has 0 saturated carbocycles. The van der Waals surface area contributed by atoms with Gasteiger partial charge in [-0.2, -0.15) is 5.10 Å². The van der Waals surface area contributed by atoms with Gasteiger partial charge in [-0.05, 0) is 11.6 Å². The van der Waals surface area contributed by atoms with Crippen molar-refractivity contribution in [2.75, 3.05) is 13.7 Å². The van der Waals surface area contributed by atoms with Gasteiger partial charge >= 0.3 is 0 Å². The molecule has 1 heterocycles. The van der Waals surface area contributed by atoms with Gasteiger partial charge < -0.3 is 15.2 Å². The summed E-state index contributed by atoms with van der Waals surface area (Å²) in [6.45, 7) is 0.386. The van der Waals surface area contributed by atoms with Crippen molar-refractivity contribution in [3.05, 3.63) is 58.6 Å². The number of carbonyl (C=O) groups is 2. The number of hydrogen-bond donors (Lipinski definition) is 3. The number of phenols is 1. The summed E-state index contributed by atoms with van der Waals surface area (Å²) in [6.07, 6.45) is 1.24. The number of hydrogen-bond acceptors (Lipinski definition) is 5. The molecule has 1 aliphatic heterocycles. The van der Waals surface area contributed by atoms with Crippen LogP contribution in [0.5, 0.6) is 11.5 Å². The first kappa shape index (κ1) is 18.7. The molecule has 0 radical (unpaired) electrons. The van der Waals surface area contributed by atoms with E-state index in [0.29, 0.717) is 11.6 Å². The molecule has 0 unspecified atom stereocenters. The fraction of sp³-hybridized carbons (Fsp3) is 0.211. The lowest BCUT2D eigenvalue weighted by atomic mass is 9.88. The van der Waals surface area contributed by atoms with Crippen LogP contribution in [0.25, 0.3) is 0 Å². The Labute approximate surface area is 161 Å². The fourth-order valence-electron chi connectivity index (χ4n) is 3.02. The average Bonchev–Trinajstić information content (AvgIpc) is 3.06. The van der Waals surface area contributed by atoms with Crippen LogP contribution in [0.15, 0.2) is 47.6 Å². The number of nitrogens with zero attached hydrogens (tertiary/aromatic N) is 1. The average molecular weight is 388 g/mol. The van der Waals surface area contributed by atoms with E-state index in [1.165, 1.54) is 25.5 Å². The van der Waals surface area contributed by atoms with Gasteiger partial charge in [-0.3, -0.25) is 9.59 Å². The summed E-state index contributed by atoms with van der Waals surface area (Å²) in [5, 5.41) is 17.0. The van der Waals surface area contributed by atoms with E-state index in [2.05, 4.69) is 15.8 Å². The number of phenolic OH excluding ortho intramolecular Hbond substituents is 1. The highest BCUT2D eigenvalue weighted by molar-refractivity contribution is 6.31. The number of benzene rings is 2. The molecule has 7 nitrogen and oxygen atoms in total.